The molecule has 46 heavy (non-hydrogen) atoms. The highest BCUT2D eigenvalue weighted by molar-refractivity contribution is 5.69. The third-order valence-corrected chi connectivity index (χ3v) is 14.8. The minimum Gasteiger partial charge on any atom is -0.465 e. The van der Waals surface area contributed by atoms with E-state index in [4.69, 9.17) is 4.74 Å². The van der Waals surface area contributed by atoms with Gasteiger partial charge in [-0.15, -0.1) is 0 Å². The molecular formula is C43H78O3. The minimum atomic E-state index is -0.0381. The molecule has 0 aromatic heterocycles. The van der Waals surface area contributed by atoms with Gasteiger partial charge in [0.05, 0.1) is 12.7 Å². The Morgan fingerprint density at radius 1 is 0.717 bits per heavy atom. The van der Waals surface area contributed by atoms with Crippen LogP contribution in [-0.2, 0) is 9.53 Å². The first-order valence-corrected chi connectivity index (χ1v) is 21.0. The zero-order chi connectivity index (χ0) is 33.0. The van der Waals surface area contributed by atoms with E-state index in [9.17, 15) is 9.90 Å². The number of aliphatic hydroxyl groups is 1. The molecule has 4 aliphatic rings. The lowest BCUT2D eigenvalue weighted by molar-refractivity contribution is -0.145. The molecule has 4 rings (SSSR count). The number of unbranched alkanes of at least 4 members (excludes halogenated alkanes) is 12. The first-order valence-electron chi connectivity index (χ1n) is 21.0. The molecule has 0 saturated heterocycles. The number of hydrogen-bond acceptors (Lipinski definition) is 3. The Morgan fingerprint density at radius 2 is 1.33 bits per heavy atom. The van der Waals surface area contributed by atoms with E-state index in [0.29, 0.717) is 29.8 Å². The monoisotopic (exact) mass is 643 g/mol. The predicted molar refractivity (Wildman–Crippen MR) is 195 cm³/mol. The molecule has 0 aromatic rings. The molecule has 4 aliphatic carbocycles. The van der Waals surface area contributed by atoms with Gasteiger partial charge in [-0.05, 0) is 123 Å². The summed E-state index contributed by atoms with van der Waals surface area (Å²) in [7, 11) is 0. The fourth-order valence-electron chi connectivity index (χ4n) is 11.9. The van der Waals surface area contributed by atoms with Crippen molar-refractivity contribution in [3.8, 4) is 0 Å². The summed E-state index contributed by atoms with van der Waals surface area (Å²) in [5.74, 6) is 5.70. The number of ether oxygens (including phenoxy) is 1. The molecule has 3 nitrogen and oxygen atoms in total. The van der Waals surface area contributed by atoms with Crippen LogP contribution >= 0.6 is 0 Å². The zero-order valence-corrected chi connectivity index (χ0v) is 31.5. The summed E-state index contributed by atoms with van der Waals surface area (Å²) in [5.41, 5.74) is 1.02. The Kier molecular flexibility index (Phi) is 15.8. The third kappa shape index (κ3) is 10.2. The zero-order valence-electron chi connectivity index (χ0n) is 31.5. The van der Waals surface area contributed by atoms with Crippen molar-refractivity contribution in [2.75, 3.05) is 6.61 Å². The number of rotatable bonds is 21. The molecule has 0 aliphatic heterocycles. The van der Waals surface area contributed by atoms with Gasteiger partial charge in [0.25, 0.3) is 0 Å². The van der Waals surface area contributed by atoms with Gasteiger partial charge in [0, 0.05) is 6.42 Å². The van der Waals surface area contributed by atoms with Crippen LogP contribution in [0.25, 0.3) is 0 Å². The summed E-state index contributed by atoms with van der Waals surface area (Å²) in [5, 5.41) is 10.4. The molecule has 3 heteroatoms. The van der Waals surface area contributed by atoms with E-state index in [1.807, 2.05) is 0 Å². The van der Waals surface area contributed by atoms with Crippen LogP contribution in [0, 0.1) is 52.3 Å². The Labute approximate surface area is 286 Å². The maximum Gasteiger partial charge on any atom is 0.305 e. The van der Waals surface area contributed by atoms with Gasteiger partial charge < -0.3 is 9.84 Å². The molecule has 0 amide bonds. The first kappa shape index (κ1) is 38.2. The number of aliphatic hydroxyl groups excluding tert-OH is 1. The average molecular weight is 643 g/mol. The third-order valence-electron chi connectivity index (χ3n) is 14.8. The molecule has 0 heterocycles. The standard InChI is InChI=1S/C43H78O3/c1-6-7-8-9-10-11-12-13-14-15-16-17-18-22-41(45)46-32-33(2)20-19-21-34(3)38-25-26-39-37-24-23-35-31-36(44)27-29-42(35,4)40(37)28-30-43(38,39)5/h33-40,44H,6-32H2,1-5H3/t33?,34-,35+,36+,37+,38-,39+,40+,42+,43-/m1/s1. The van der Waals surface area contributed by atoms with E-state index >= 15 is 0 Å². The van der Waals surface area contributed by atoms with Crippen molar-refractivity contribution >= 4 is 5.97 Å². The molecule has 0 radical (unpaired) electrons. The minimum absolute atomic E-state index is 0.0242. The van der Waals surface area contributed by atoms with Crippen molar-refractivity contribution in [1.29, 1.82) is 0 Å². The largest absolute Gasteiger partial charge is 0.465 e. The number of esters is 1. The van der Waals surface area contributed by atoms with Gasteiger partial charge in [-0.25, -0.2) is 0 Å². The number of carbonyl (C=O) groups is 1. The van der Waals surface area contributed by atoms with Crippen LogP contribution in [0.5, 0.6) is 0 Å². The SMILES string of the molecule is CCCCCCCCCCCCCCCC(=O)OCC(C)CCC[C@@H](C)[C@H]1CC[C@H]2[C@@H]3CC[C@H]4C[C@@H](O)CC[C@]4(C)[C@H]3CC[C@]12C. The second-order valence-corrected chi connectivity index (χ2v) is 18.0. The number of fused-ring (bicyclic) bond motifs is 5. The van der Waals surface area contributed by atoms with Crippen molar-refractivity contribution in [3.05, 3.63) is 0 Å². The first-order chi connectivity index (χ1) is 22.2. The van der Waals surface area contributed by atoms with Crippen LogP contribution in [0.1, 0.15) is 202 Å². The molecule has 1 N–H and O–H groups in total. The fraction of sp³-hybridized carbons (Fsp3) is 0.977. The van der Waals surface area contributed by atoms with E-state index in [-0.39, 0.29) is 12.1 Å². The van der Waals surface area contributed by atoms with Crippen LogP contribution in [0.2, 0.25) is 0 Å². The van der Waals surface area contributed by atoms with Gasteiger partial charge in [-0.2, -0.15) is 0 Å². The van der Waals surface area contributed by atoms with E-state index in [0.717, 1.165) is 54.8 Å². The van der Waals surface area contributed by atoms with Crippen LogP contribution in [0.15, 0.2) is 0 Å². The highest BCUT2D eigenvalue weighted by atomic mass is 16.5. The van der Waals surface area contributed by atoms with E-state index < -0.39 is 0 Å². The lowest BCUT2D eigenvalue weighted by Gasteiger charge is -2.61. The van der Waals surface area contributed by atoms with Crippen molar-refractivity contribution in [3.63, 3.8) is 0 Å². The van der Waals surface area contributed by atoms with E-state index in [2.05, 4.69) is 34.6 Å². The average Bonchev–Trinajstić information content (AvgIpc) is 3.40. The number of hydrogen-bond donors (Lipinski definition) is 1. The maximum atomic E-state index is 12.4. The van der Waals surface area contributed by atoms with Gasteiger partial charge in [0.1, 0.15) is 0 Å². The molecule has 4 fully saturated rings. The highest BCUT2D eigenvalue weighted by Crippen LogP contribution is 2.68. The lowest BCUT2D eigenvalue weighted by atomic mass is 9.44. The molecular weight excluding hydrogens is 564 g/mol. The molecule has 0 bridgehead atoms. The molecule has 0 aromatic carbocycles. The van der Waals surface area contributed by atoms with Crippen LogP contribution < -0.4 is 0 Å². The maximum absolute atomic E-state index is 12.4. The number of carbonyl (C=O) groups excluding carboxylic acids is 1. The van der Waals surface area contributed by atoms with E-state index in [1.54, 1.807) is 0 Å². The topological polar surface area (TPSA) is 46.5 Å². The van der Waals surface area contributed by atoms with Gasteiger partial charge in [-0.3, -0.25) is 4.79 Å². The van der Waals surface area contributed by atoms with Crippen molar-refractivity contribution < 1.29 is 14.6 Å². The summed E-state index contributed by atoms with van der Waals surface area (Å²) in [6, 6.07) is 0. The Hall–Kier alpha value is -0.570. The van der Waals surface area contributed by atoms with Crippen molar-refractivity contribution in [2.45, 2.75) is 208 Å². The van der Waals surface area contributed by atoms with E-state index in [1.165, 1.54) is 141 Å². The Morgan fingerprint density at radius 3 is 2.00 bits per heavy atom. The molecule has 1 unspecified atom stereocenters. The van der Waals surface area contributed by atoms with Gasteiger partial charge in [0.15, 0.2) is 0 Å². The summed E-state index contributed by atoms with van der Waals surface area (Å²) in [6.45, 7) is 13.0. The summed E-state index contributed by atoms with van der Waals surface area (Å²) in [4.78, 5) is 12.4. The van der Waals surface area contributed by atoms with Crippen LogP contribution in [0.3, 0.4) is 0 Å². The molecule has 4 saturated carbocycles. The molecule has 0 spiro atoms. The summed E-state index contributed by atoms with van der Waals surface area (Å²) < 4.78 is 5.70. The smallest absolute Gasteiger partial charge is 0.305 e. The predicted octanol–water partition coefficient (Wildman–Crippen LogP) is 12.5. The Bertz CT molecular complexity index is 870. The second kappa shape index (κ2) is 19.0. The second-order valence-electron chi connectivity index (χ2n) is 18.0. The van der Waals surface area contributed by atoms with Gasteiger partial charge >= 0.3 is 5.97 Å². The fourth-order valence-corrected chi connectivity index (χ4v) is 11.9. The highest BCUT2D eigenvalue weighted by Gasteiger charge is 2.60. The van der Waals surface area contributed by atoms with Crippen molar-refractivity contribution in [2.24, 2.45) is 52.3 Å². The van der Waals surface area contributed by atoms with Gasteiger partial charge in [0.2, 0.25) is 0 Å². The van der Waals surface area contributed by atoms with Crippen LogP contribution in [-0.4, -0.2) is 23.8 Å². The quantitative estimate of drug-likeness (QED) is 0.100. The summed E-state index contributed by atoms with van der Waals surface area (Å²) >= 11 is 0. The van der Waals surface area contributed by atoms with Crippen molar-refractivity contribution in [1.82, 2.24) is 0 Å². The normalized spacial score (nSPS) is 35.2. The lowest BCUT2D eigenvalue weighted by Crippen LogP contribution is -2.54. The van der Waals surface area contributed by atoms with Crippen LogP contribution in [0.4, 0.5) is 0 Å². The Balaban J connectivity index is 1.04. The molecule has 10 atom stereocenters. The van der Waals surface area contributed by atoms with Gasteiger partial charge in [-0.1, -0.05) is 125 Å². The molecule has 268 valence electrons. The summed E-state index contributed by atoms with van der Waals surface area (Å²) in [6.07, 6.45) is 33.6.